The van der Waals surface area contributed by atoms with Crippen LogP contribution in [0, 0.1) is 51.2 Å². The fourth-order valence-electron chi connectivity index (χ4n) is 17.1. The summed E-state index contributed by atoms with van der Waals surface area (Å²) in [6.45, 7) is 8.57. The van der Waals surface area contributed by atoms with E-state index in [2.05, 4.69) is 273 Å². The molecule has 9 aromatic rings. The molecule has 578 valence electrons. The SMILES string of the molecule is CC1(C)C2CCC1(CS(=O)(=O)[O-])C(=O)C2.CC12CCC(C(=O)OCCS(=O)(=O)[O-])(OC1=O)C2(C)C.O=C(CS(=O)(=O)[O-])OC1C2CC3CC(C2)CC1C3.c1ccc([S+](c2ccccc2)c2ccccc2)cc1.c1ccc([S+](c2ccccc2)c2ccccc2)cc1.c1ccc([S+](c2ccccc2)c2ccccc2)cc1. The van der Waals surface area contributed by atoms with Crippen molar-refractivity contribution in [2.45, 2.75) is 155 Å². The summed E-state index contributed by atoms with van der Waals surface area (Å²) >= 11 is 0. The minimum Gasteiger partial charge on any atom is -0.748 e. The van der Waals surface area contributed by atoms with Gasteiger partial charge >= 0.3 is 17.9 Å². The molecule has 7 saturated carbocycles. The fourth-order valence-corrected chi connectivity index (χ4v) is 25.3. The van der Waals surface area contributed by atoms with Crippen molar-refractivity contribution in [3.8, 4) is 0 Å². The minimum atomic E-state index is -4.52. The molecule has 1 heterocycles. The highest BCUT2D eigenvalue weighted by molar-refractivity contribution is 7.97. The molecule has 1 saturated heterocycles. The largest absolute Gasteiger partial charge is 0.748 e. The highest BCUT2D eigenvalue weighted by Gasteiger charge is 2.76. The maximum atomic E-state index is 12.2. The second-order valence-electron chi connectivity index (χ2n) is 30.3. The van der Waals surface area contributed by atoms with E-state index < -0.39 is 94.0 Å². The number of ketones is 1. The summed E-state index contributed by atoms with van der Waals surface area (Å²) < 4.78 is 111. The van der Waals surface area contributed by atoms with Gasteiger partial charge in [-0.25, -0.2) is 30.0 Å². The molecule has 8 aliphatic rings. The van der Waals surface area contributed by atoms with Crippen molar-refractivity contribution >= 4 is 86.7 Å². The van der Waals surface area contributed by atoms with Gasteiger partial charge in [0.2, 0.25) is 5.60 Å². The Labute approximate surface area is 656 Å². The molecule has 16 nitrogen and oxygen atoms in total. The van der Waals surface area contributed by atoms with Crippen LogP contribution in [0.15, 0.2) is 317 Å². The van der Waals surface area contributed by atoms with Gasteiger partial charge in [0.05, 0.1) is 69.8 Å². The van der Waals surface area contributed by atoms with Gasteiger partial charge in [0, 0.05) is 17.3 Å². The van der Waals surface area contributed by atoms with Gasteiger partial charge in [-0.05, 0) is 209 Å². The van der Waals surface area contributed by atoms with Crippen LogP contribution in [0.4, 0.5) is 0 Å². The summed E-state index contributed by atoms with van der Waals surface area (Å²) in [5, 5.41) is 0. The van der Waals surface area contributed by atoms with Crippen molar-refractivity contribution in [1.82, 2.24) is 0 Å². The molecule has 110 heavy (non-hydrogen) atoms. The molecule has 0 amide bonds. The Balaban J connectivity index is 0.000000131. The Morgan fingerprint density at radius 1 is 0.436 bits per heavy atom. The van der Waals surface area contributed by atoms with Gasteiger partial charge in [-0.2, -0.15) is 0 Å². The van der Waals surface area contributed by atoms with Crippen molar-refractivity contribution in [3.05, 3.63) is 273 Å². The summed E-state index contributed by atoms with van der Waals surface area (Å²) in [5.74, 6) is -1.88. The van der Waals surface area contributed by atoms with Crippen molar-refractivity contribution in [3.63, 3.8) is 0 Å². The molecule has 7 aliphatic carbocycles. The molecule has 9 aromatic carbocycles. The molecule has 0 aromatic heterocycles. The summed E-state index contributed by atoms with van der Waals surface area (Å²) in [6.07, 6.45) is 8.25. The van der Waals surface area contributed by atoms with E-state index in [0.29, 0.717) is 37.5 Å². The monoisotopic (exact) mass is 1600 g/mol. The van der Waals surface area contributed by atoms with E-state index in [9.17, 15) is 58.1 Å². The first-order valence-corrected chi connectivity index (χ1v) is 45.4. The topological polar surface area (TPSA) is 268 Å². The lowest BCUT2D eigenvalue weighted by Crippen LogP contribution is -2.50. The van der Waals surface area contributed by atoms with Crippen LogP contribution >= 0.6 is 0 Å². The van der Waals surface area contributed by atoms with Crippen molar-refractivity contribution in [2.75, 3.05) is 23.9 Å². The first kappa shape index (κ1) is 82.8. The smallest absolute Gasteiger partial charge is 0.351 e. The molecule has 22 heteroatoms. The van der Waals surface area contributed by atoms with Gasteiger partial charge in [0.1, 0.15) is 34.4 Å². The Bertz CT molecular complexity index is 4310. The molecule has 0 spiro atoms. The van der Waals surface area contributed by atoms with Gasteiger partial charge in [-0.15, -0.1) is 0 Å². The minimum absolute atomic E-state index is 0.0146. The van der Waals surface area contributed by atoms with E-state index in [0.717, 1.165) is 43.9 Å². The molecule has 0 radical (unpaired) electrons. The third-order valence-corrected chi connectivity index (χ3v) is 31.8. The third-order valence-electron chi connectivity index (χ3n) is 23.1. The number of ether oxygens (including phenoxy) is 3. The first-order valence-electron chi connectivity index (χ1n) is 37.0. The van der Waals surface area contributed by atoms with E-state index in [1.807, 2.05) is 13.8 Å². The van der Waals surface area contributed by atoms with Crippen LogP contribution in [0.25, 0.3) is 0 Å². The van der Waals surface area contributed by atoms with E-state index in [1.54, 1.807) is 20.8 Å². The quantitative estimate of drug-likeness (QED) is 0.0334. The van der Waals surface area contributed by atoms with Gasteiger partial charge < -0.3 is 27.9 Å². The van der Waals surface area contributed by atoms with Crippen LogP contribution in [0.3, 0.4) is 0 Å². The van der Waals surface area contributed by atoms with Crippen LogP contribution < -0.4 is 0 Å². The van der Waals surface area contributed by atoms with Crippen molar-refractivity contribution in [1.29, 1.82) is 0 Å². The van der Waals surface area contributed by atoms with Crippen molar-refractivity contribution in [2.24, 2.45) is 51.2 Å². The fraction of sp³-hybridized carbons (Fsp3) is 0.341. The van der Waals surface area contributed by atoms with Gasteiger partial charge in [0.25, 0.3) is 0 Å². The van der Waals surface area contributed by atoms with E-state index in [4.69, 9.17) is 14.2 Å². The molecule has 0 N–H and O–H groups in total. The molecular formula is C88H94O16S6. The number of benzene rings is 9. The van der Waals surface area contributed by atoms with Crippen LogP contribution in [0.2, 0.25) is 0 Å². The number of rotatable bonds is 18. The average molecular weight is 1600 g/mol. The van der Waals surface area contributed by atoms with Crippen molar-refractivity contribution < 1.29 is 72.3 Å². The maximum Gasteiger partial charge on any atom is 0.351 e. The molecule has 4 unspecified atom stereocenters. The normalized spacial score (nSPS) is 24.0. The molecular weight excluding hydrogens is 1510 g/mol. The number of fused-ring (bicyclic) bond motifs is 4. The molecule has 8 fully saturated rings. The standard InChI is InChI=1S/3C18H15S.C12H18O7S.C12H18O5S.C10H16O4S/c3*1-4-10-16(11-5-1)19(17-12-6-2-7-13-17)18-14-8-3-9-15-18;1-10(2)11(3)4-5-12(10,19-8(11)13)9(14)18-6-7-20(15,16)17;13-11(6-18(14,15)16)17-12-9-2-7-1-8(4-9)5-10(12)3-7;1-9(2)7-3-4-10(9,8(11)5-7)6-15(12,13)14/h3*1-15H;4-7H2,1-3H3,(H,15,16,17);7-10,12H,1-6H2,(H,14,15,16);7H,3-6H2,1-2H3,(H,12,13,14)/q3*+1;;;/p-3. The van der Waals surface area contributed by atoms with E-state index in [1.165, 1.54) is 50.5 Å². The van der Waals surface area contributed by atoms with E-state index in [-0.39, 0.29) is 55.9 Å². The first-order chi connectivity index (χ1) is 52.4. The summed E-state index contributed by atoms with van der Waals surface area (Å²) in [6, 6.07) is 96.5. The Kier molecular flexibility index (Phi) is 26.9. The zero-order chi connectivity index (χ0) is 78.5. The number of Topliss-reactive ketones (excluding diaryl/α,β-unsaturated/α-hetero) is 1. The van der Waals surface area contributed by atoms with Crippen LogP contribution in [-0.4, -0.2) is 98.2 Å². The lowest BCUT2D eigenvalue weighted by molar-refractivity contribution is -0.182. The Morgan fingerprint density at radius 3 is 0.991 bits per heavy atom. The third kappa shape index (κ3) is 19.6. The van der Waals surface area contributed by atoms with Crippen LogP contribution in [-0.2, 0) is 96.4 Å². The maximum absolute atomic E-state index is 12.2. The lowest BCUT2D eigenvalue weighted by Gasteiger charge is -2.53. The molecule has 17 rings (SSSR count). The zero-order valence-corrected chi connectivity index (χ0v) is 67.2. The van der Waals surface area contributed by atoms with Crippen LogP contribution in [0.5, 0.6) is 0 Å². The average Bonchev–Trinajstić information content (AvgIpc) is 1.52. The summed E-state index contributed by atoms with van der Waals surface area (Å²) in [5.41, 5.74) is -4.10. The predicted octanol–water partition coefficient (Wildman–Crippen LogP) is 16.4. The van der Waals surface area contributed by atoms with E-state index >= 15 is 0 Å². The molecule has 4 atom stereocenters. The molecule has 1 aliphatic heterocycles. The molecule has 8 bridgehead atoms. The second kappa shape index (κ2) is 35.7. The number of hydrogen-bond acceptors (Lipinski definition) is 16. The highest BCUT2D eigenvalue weighted by Crippen LogP contribution is 2.66. The lowest BCUT2D eigenvalue weighted by atomic mass is 9.55. The number of hydrogen-bond donors (Lipinski definition) is 0. The summed E-state index contributed by atoms with van der Waals surface area (Å²) in [4.78, 5) is 59.7. The van der Waals surface area contributed by atoms with Gasteiger partial charge in [0.15, 0.2) is 44.1 Å². The number of esters is 3. The number of carbonyl (C=O) groups is 4. The predicted molar refractivity (Wildman–Crippen MR) is 425 cm³/mol. The summed E-state index contributed by atoms with van der Waals surface area (Å²) in [7, 11) is -13.3. The highest BCUT2D eigenvalue weighted by atomic mass is 32.2. The van der Waals surface area contributed by atoms with Gasteiger partial charge in [-0.1, -0.05) is 191 Å². The second-order valence-corrected chi connectivity index (χ2v) is 40.7. The number of carbonyl (C=O) groups excluding carboxylic acids is 4. The Hall–Kier alpha value is -8.16. The zero-order valence-electron chi connectivity index (χ0n) is 62.3. The van der Waals surface area contributed by atoms with Crippen LogP contribution in [0.1, 0.15) is 98.8 Å². The van der Waals surface area contributed by atoms with Gasteiger partial charge in [-0.3, -0.25) is 14.4 Å². The Morgan fingerprint density at radius 2 is 0.755 bits per heavy atom.